The summed E-state index contributed by atoms with van der Waals surface area (Å²) < 4.78 is 0. The number of amides is 2. The van der Waals surface area contributed by atoms with Gasteiger partial charge < -0.3 is 15.1 Å². The van der Waals surface area contributed by atoms with Crippen LogP contribution in [0.2, 0.25) is 0 Å². The first kappa shape index (κ1) is 21.4. The van der Waals surface area contributed by atoms with Crippen molar-refractivity contribution in [3.05, 3.63) is 102 Å². The van der Waals surface area contributed by atoms with Gasteiger partial charge in [0.15, 0.2) is 0 Å². The Morgan fingerprint density at radius 3 is 2.06 bits per heavy atom. The third-order valence-corrected chi connectivity index (χ3v) is 5.53. The molecule has 1 fully saturated rings. The lowest BCUT2D eigenvalue weighted by Gasteiger charge is -2.35. The van der Waals surface area contributed by atoms with Gasteiger partial charge in [0, 0.05) is 43.6 Å². The molecule has 1 heterocycles. The normalized spacial score (nSPS) is 13.9. The molecule has 3 aromatic rings. The van der Waals surface area contributed by atoms with Crippen LogP contribution in [0.25, 0.3) is 6.08 Å². The number of hydrogen-bond donors (Lipinski definition) is 1. The maximum atomic E-state index is 12.5. The number of nitrogens with one attached hydrogen (secondary N) is 1. The zero-order valence-corrected chi connectivity index (χ0v) is 18.0. The molecule has 2 amide bonds. The Kier molecular flexibility index (Phi) is 6.98. The van der Waals surface area contributed by atoms with Gasteiger partial charge in [-0.1, -0.05) is 60.7 Å². The number of carbonyl (C=O) groups excluding carboxylic acids is 2. The number of nitrogens with zero attached hydrogens (tertiary/aromatic N) is 2. The minimum absolute atomic E-state index is 0.0281. The quantitative estimate of drug-likeness (QED) is 0.602. The molecule has 0 aliphatic carbocycles. The molecule has 1 N–H and O–H groups in total. The maximum Gasteiger partial charge on any atom is 0.246 e. The topological polar surface area (TPSA) is 52.7 Å². The van der Waals surface area contributed by atoms with Gasteiger partial charge in [-0.05, 0) is 41.5 Å². The zero-order valence-electron chi connectivity index (χ0n) is 18.0. The van der Waals surface area contributed by atoms with Crippen molar-refractivity contribution < 1.29 is 9.59 Å². The highest BCUT2D eigenvalue weighted by Gasteiger charge is 2.19. The lowest BCUT2D eigenvalue weighted by atomic mass is 10.1. The fraction of sp³-hybridized carbons (Fsp3) is 0.185. The second-order valence-corrected chi connectivity index (χ2v) is 7.81. The smallest absolute Gasteiger partial charge is 0.246 e. The van der Waals surface area contributed by atoms with Crippen LogP contribution < -0.4 is 10.2 Å². The van der Waals surface area contributed by atoms with E-state index in [-0.39, 0.29) is 11.8 Å². The Morgan fingerprint density at radius 2 is 1.41 bits per heavy atom. The molecule has 5 heteroatoms. The highest BCUT2D eigenvalue weighted by molar-refractivity contribution is 5.93. The molecule has 0 bridgehead atoms. The van der Waals surface area contributed by atoms with E-state index in [0.29, 0.717) is 19.5 Å². The van der Waals surface area contributed by atoms with Crippen LogP contribution in [0.5, 0.6) is 0 Å². The fourth-order valence-electron chi connectivity index (χ4n) is 3.76. The first-order valence-electron chi connectivity index (χ1n) is 10.9. The van der Waals surface area contributed by atoms with Gasteiger partial charge in [-0.2, -0.15) is 0 Å². The molecule has 3 aromatic carbocycles. The summed E-state index contributed by atoms with van der Waals surface area (Å²) in [5.41, 5.74) is 3.90. The molecule has 1 aliphatic heterocycles. The van der Waals surface area contributed by atoms with E-state index in [1.807, 2.05) is 95.9 Å². The van der Waals surface area contributed by atoms with Crippen LogP contribution in [0.3, 0.4) is 0 Å². The number of piperazine rings is 1. The Labute approximate surface area is 189 Å². The maximum absolute atomic E-state index is 12.5. The summed E-state index contributed by atoms with van der Waals surface area (Å²) >= 11 is 0. The molecule has 0 saturated carbocycles. The lowest BCUT2D eigenvalue weighted by Crippen LogP contribution is -2.48. The van der Waals surface area contributed by atoms with Gasteiger partial charge in [-0.15, -0.1) is 0 Å². The summed E-state index contributed by atoms with van der Waals surface area (Å²) in [5, 5.41) is 2.95. The number of rotatable bonds is 6. The number of carbonyl (C=O) groups is 2. The number of anilines is 2. The van der Waals surface area contributed by atoms with Gasteiger partial charge in [-0.25, -0.2) is 0 Å². The molecule has 4 rings (SSSR count). The highest BCUT2D eigenvalue weighted by Crippen LogP contribution is 2.20. The van der Waals surface area contributed by atoms with E-state index in [4.69, 9.17) is 0 Å². The van der Waals surface area contributed by atoms with Crippen LogP contribution in [-0.4, -0.2) is 42.9 Å². The standard InChI is InChI=1S/C27H27N3O2/c31-26(21-23-9-5-2-6-10-23)28-24-12-14-25(15-13-24)29-17-19-30(20-18-29)27(32)16-11-22-7-3-1-4-8-22/h1-16H,17-21H2,(H,28,31). The van der Waals surface area contributed by atoms with Crippen LogP contribution in [-0.2, 0) is 16.0 Å². The lowest BCUT2D eigenvalue weighted by molar-refractivity contribution is -0.126. The summed E-state index contributed by atoms with van der Waals surface area (Å²) in [6, 6.07) is 27.5. The molecular formula is C27H27N3O2. The van der Waals surface area contributed by atoms with Crippen molar-refractivity contribution in [2.24, 2.45) is 0 Å². The monoisotopic (exact) mass is 425 g/mol. The van der Waals surface area contributed by atoms with E-state index in [1.165, 1.54) is 0 Å². The molecular weight excluding hydrogens is 398 g/mol. The largest absolute Gasteiger partial charge is 0.368 e. The van der Waals surface area contributed by atoms with Gasteiger partial charge in [-0.3, -0.25) is 9.59 Å². The predicted molar refractivity (Wildman–Crippen MR) is 129 cm³/mol. The Balaban J connectivity index is 1.26. The van der Waals surface area contributed by atoms with E-state index in [0.717, 1.165) is 35.6 Å². The summed E-state index contributed by atoms with van der Waals surface area (Å²) in [6.45, 7) is 2.94. The Morgan fingerprint density at radius 1 is 0.781 bits per heavy atom. The summed E-state index contributed by atoms with van der Waals surface area (Å²) in [4.78, 5) is 28.9. The molecule has 5 nitrogen and oxygen atoms in total. The fourth-order valence-corrected chi connectivity index (χ4v) is 3.76. The van der Waals surface area contributed by atoms with E-state index in [2.05, 4.69) is 10.2 Å². The predicted octanol–water partition coefficient (Wildman–Crippen LogP) is 4.23. The van der Waals surface area contributed by atoms with Crippen molar-refractivity contribution in [2.75, 3.05) is 36.4 Å². The molecule has 162 valence electrons. The van der Waals surface area contributed by atoms with E-state index >= 15 is 0 Å². The second-order valence-electron chi connectivity index (χ2n) is 7.81. The minimum Gasteiger partial charge on any atom is -0.368 e. The van der Waals surface area contributed by atoms with Crippen LogP contribution in [0, 0.1) is 0 Å². The third-order valence-electron chi connectivity index (χ3n) is 5.53. The van der Waals surface area contributed by atoms with Gasteiger partial charge in [0.2, 0.25) is 11.8 Å². The van der Waals surface area contributed by atoms with E-state index in [9.17, 15) is 9.59 Å². The molecule has 0 atom stereocenters. The van der Waals surface area contributed by atoms with E-state index < -0.39 is 0 Å². The number of hydrogen-bond acceptors (Lipinski definition) is 3. The van der Waals surface area contributed by atoms with Crippen molar-refractivity contribution in [1.82, 2.24) is 4.90 Å². The van der Waals surface area contributed by atoms with Gasteiger partial charge in [0.1, 0.15) is 0 Å². The molecule has 0 spiro atoms. The molecule has 0 aromatic heterocycles. The summed E-state index contributed by atoms with van der Waals surface area (Å²) in [6.07, 6.45) is 3.87. The van der Waals surface area contributed by atoms with E-state index in [1.54, 1.807) is 6.08 Å². The first-order chi connectivity index (χ1) is 15.7. The molecule has 32 heavy (non-hydrogen) atoms. The van der Waals surface area contributed by atoms with Crippen LogP contribution in [0.4, 0.5) is 11.4 Å². The van der Waals surface area contributed by atoms with Gasteiger partial charge in [0.05, 0.1) is 6.42 Å². The Bertz CT molecular complexity index is 1060. The van der Waals surface area contributed by atoms with Crippen molar-refractivity contribution in [1.29, 1.82) is 0 Å². The van der Waals surface area contributed by atoms with Crippen molar-refractivity contribution >= 4 is 29.3 Å². The SMILES string of the molecule is O=C(Cc1ccccc1)Nc1ccc(N2CCN(C(=O)C=Cc3ccccc3)CC2)cc1. The van der Waals surface area contributed by atoms with Crippen molar-refractivity contribution in [3.8, 4) is 0 Å². The average molecular weight is 426 g/mol. The first-order valence-corrected chi connectivity index (χ1v) is 10.9. The zero-order chi connectivity index (χ0) is 22.2. The van der Waals surface area contributed by atoms with Crippen LogP contribution >= 0.6 is 0 Å². The summed E-state index contributed by atoms with van der Waals surface area (Å²) in [5.74, 6) is 0.0182. The minimum atomic E-state index is -0.0281. The second kappa shape index (κ2) is 10.4. The molecule has 0 unspecified atom stereocenters. The van der Waals surface area contributed by atoms with Gasteiger partial charge in [0.25, 0.3) is 0 Å². The van der Waals surface area contributed by atoms with Gasteiger partial charge >= 0.3 is 0 Å². The Hall–Kier alpha value is -3.86. The van der Waals surface area contributed by atoms with Crippen molar-refractivity contribution in [2.45, 2.75) is 6.42 Å². The molecule has 0 radical (unpaired) electrons. The van der Waals surface area contributed by atoms with Crippen LogP contribution in [0.1, 0.15) is 11.1 Å². The van der Waals surface area contributed by atoms with Crippen molar-refractivity contribution in [3.63, 3.8) is 0 Å². The number of benzene rings is 3. The molecule has 1 saturated heterocycles. The molecule has 1 aliphatic rings. The average Bonchev–Trinajstić information content (AvgIpc) is 2.84. The third kappa shape index (κ3) is 5.85. The van der Waals surface area contributed by atoms with Crippen LogP contribution in [0.15, 0.2) is 91.0 Å². The highest BCUT2D eigenvalue weighted by atomic mass is 16.2. The summed E-state index contributed by atoms with van der Waals surface area (Å²) in [7, 11) is 0.